The van der Waals surface area contributed by atoms with Gasteiger partial charge in [0.2, 0.25) is 5.91 Å². The van der Waals surface area contributed by atoms with Gasteiger partial charge in [0, 0.05) is 24.5 Å². The summed E-state index contributed by atoms with van der Waals surface area (Å²) in [5.41, 5.74) is 1.27. The number of carbonyl (C=O) groups is 2. The van der Waals surface area contributed by atoms with Gasteiger partial charge in [-0.15, -0.1) is 0 Å². The maximum atomic E-state index is 13.9. The van der Waals surface area contributed by atoms with E-state index >= 15 is 0 Å². The molecule has 0 saturated carbocycles. The summed E-state index contributed by atoms with van der Waals surface area (Å²) in [4.78, 5) is 26.9. The molecule has 7 heteroatoms. The zero-order valence-electron chi connectivity index (χ0n) is 10.4. The van der Waals surface area contributed by atoms with Crippen LogP contribution in [0.3, 0.4) is 0 Å². The number of anilines is 2. The number of hydrogen-bond acceptors (Lipinski definition) is 3. The molecule has 0 aliphatic carbocycles. The number of hydrogen-bond donors (Lipinski definition) is 2. The van der Waals surface area contributed by atoms with Gasteiger partial charge in [-0.25, -0.2) is 14.2 Å². The predicted molar refractivity (Wildman–Crippen MR) is 70.0 cm³/mol. The quantitative estimate of drug-likeness (QED) is 0.835. The monoisotopic (exact) mass is 274 g/mol. The highest BCUT2D eigenvalue weighted by atomic mass is 19.1. The molecule has 0 fully saturated rings. The van der Waals surface area contributed by atoms with Gasteiger partial charge in [0.05, 0.1) is 5.69 Å². The van der Waals surface area contributed by atoms with Crippen LogP contribution in [0.5, 0.6) is 0 Å². The highest BCUT2D eigenvalue weighted by molar-refractivity contribution is 5.96. The average molecular weight is 274 g/mol. The predicted octanol–water partition coefficient (Wildman–Crippen LogP) is 1.99. The molecule has 0 radical (unpaired) electrons. The number of amides is 2. The largest absolute Gasteiger partial charge is 0.331 e. The van der Waals surface area contributed by atoms with E-state index in [2.05, 4.69) is 15.6 Å². The fraction of sp³-hybridized carbons (Fsp3) is 0.154. The van der Waals surface area contributed by atoms with Gasteiger partial charge in [-0.1, -0.05) is 0 Å². The van der Waals surface area contributed by atoms with Crippen LogP contribution < -0.4 is 10.6 Å². The summed E-state index contributed by atoms with van der Waals surface area (Å²) in [7, 11) is 0. The van der Waals surface area contributed by atoms with Crippen molar-refractivity contribution in [3.05, 3.63) is 42.2 Å². The van der Waals surface area contributed by atoms with Crippen molar-refractivity contribution in [2.45, 2.75) is 12.8 Å². The van der Waals surface area contributed by atoms with E-state index in [-0.39, 0.29) is 11.6 Å². The number of aryl methyl sites for hydroxylation is 1. The number of halogens is 1. The Morgan fingerprint density at radius 3 is 3.00 bits per heavy atom. The van der Waals surface area contributed by atoms with Crippen molar-refractivity contribution in [1.82, 2.24) is 9.55 Å². The van der Waals surface area contributed by atoms with E-state index in [9.17, 15) is 14.0 Å². The van der Waals surface area contributed by atoms with E-state index < -0.39 is 11.8 Å². The minimum atomic E-state index is -0.534. The summed E-state index contributed by atoms with van der Waals surface area (Å²) >= 11 is 0. The minimum absolute atomic E-state index is 0.0182. The summed E-state index contributed by atoms with van der Waals surface area (Å²) in [5, 5.41) is 5.09. The maximum Gasteiger partial charge on any atom is 0.331 e. The third-order valence-electron chi connectivity index (χ3n) is 3.07. The van der Waals surface area contributed by atoms with Crippen LogP contribution >= 0.6 is 0 Å². The Hall–Kier alpha value is -2.70. The van der Waals surface area contributed by atoms with E-state index in [1.54, 1.807) is 0 Å². The first kappa shape index (κ1) is 12.3. The van der Waals surface area contributed by atoms with Crippen LogP contribution in [0.2, 0.25) is 0 Å². The lowest BCUT2D eigenvalue weighted by molar-refractivity contribution is -0.116. The van der Waals surface area contributed by atoms with Crippen molar-refractivity contribution >= 4 is 23.3 Å². The van der Waals surface area contributed by atoms with Gasteiger partial charge in [-0.2, -0.15) is 0 Å². The zero-order valence-corrected chi connectivity index (χ0v) is 10.4. The number of imidazole rings is 1. The van der Waals surface area contributed by atoms with Gasteiger partial charge in [0.25, 0.3) is 0 Å². The Morgan fingerprint density at radius 1 is 1.40 bits per heavy atom. The molecule has 0 spiro atoms. The number of carbonyl (C=O) groups excluding carboxylic acids is 2. The van der Waals surface area contributed by atoms with Gasteiger partial charge >= 0.3 is 6.03 Å². The van der Waals surface area contributed by atoms with Crippen LogP contribution in [-0.4, -0.2) is 21.5 Å². The van der Waals surface area contributed by atoms with Crippen LogP contribution in [0.25, 0.3) is 0 Å². The molecule has 102 valence electrons. The molecule has 2 N–H and O–H groups in total. The normalized spacial score (nSPS) is 13.6. The summed E-state index contributed by atoms with van der Waals surface area (Å²) in [6, 6.07) is 2.23. The summed E-state index contributed by atoms with van der Waals surface area (Å²) in [5.74, 6) is -0.649. The summed E-state index contributed by atoms with van der Waals surface area (Å²) in [6.45, 7) is 0. The lowest BCUT2D eigenvalue weighted by Gasteiger charge is -2.18. The van der Waals surface area contributed by atoms with Crippen molar-refractivity contribution in [3.63, 3.8) is 0 Å². The standard InChI is InChI=1S/C13H11FN4O2/c14-9-5-8-1-2-12(19)16-10(8)6-11(9)17-13(20)18-4-3-15-7-18/h3-7H,1-2H2,(H,16,19)(H,17,20). The second-order valence-corrected chi connectivity index (χ2v) is 4.44. The Morgan fingerprint density at radius 2 is 2.25 bits per heavy atom. The fourth-order valence-electron chi connectivity index (χ4n) is 2.05. The first-order valence-electron chi connectivity index (χ1n) is 6.05. The molecule has 2 heterocycles. The number of nitrogens with zero attached hydrogens (tertiary/aromatic N) is 2. The Bertz CT molecular complexity index is 682. The van der Waals surface area contributed by atoms with E-state index in [0.29, 0.717) is 18.5 Å². The van der Waals surface area contributed by atoms with E-state index in [1.165, 1.54) is 35.4 Å². The van der Waals surface area contributed by atoms with Crippen LogP contribution in [-0.2, 0) is 11.2 Å². The third kappa shape index (κ3) is 2.25. The maximum absolute atomic E-state index is 13.9. The van der Waals surface area contributed by atoms with Gasteiger partial charge in [-0.3, -0.25) is 9.36 Å². The topological polar surface area (TPSA) is 76.0 Å². The molecular weight excluding hydrogens is 263 g/mol. The van der Waals surface area contributed by atoms with Crippen molar-refractivity contribution in [3.8, 4) is 0 Å². The smallest absolute Gasteiger partial charge is 0.326 e. The van der Waals surface area contributed by atoms with Gasteiger partial charge < -0.3 is 10.6 Å². The highest BCUT2D eigenvalue weighted by Crippen LogP contribution is 2.28. The van der Waals surface area contributed by atoms with E-state index in [0.717, 1.165) is 5.56 Å². The molecular formula is C13H11FN4O2. The van der Waals surface area contributed by atoms with Crippen molar-refractivity contribution in [2.75, 3.05) is 10.6 Å². The first-order valence-corrected chi connectivity index (χ1v) is 6.05. The van der Waals surface area contributed by atoms with Crippen LogP contribution in [0.1, 0.15) is 12.0 Å². The zero-order chi connectivity index (χ0) is 14.1. The lowest BCUT2D eigenvalue weighted by Crippen LogP contribution is -2.21. The Labute approximate surface area is 113 Å². The molecule has 0 unspecified atom stereocenters. The second kappa shape index (κ2) is 4.76. The van der Waals surface area contributed by atoms with Gasteiger partial charge in [-0.05, 0) is 24.1 Å². The Balaban J connectivity index is 1.88. The van der Waals surface area contributed by atoms with Crippen LogP contribution in [0.15, 0.2) is 30.9 Å². The molecule has 0 bridgehead atoms. The molecule has 1 aliphatic heterocycles. The molecule has 2 aromatic rings. The number of aromatic nitrogens is 2. The SMILES string of the molecule is O=C1CCc2cc(F)c(NC(=O)n3ccnc3)cc2N1. The molecule has 1 aromatic carbocycles. The van der Waals surface area contributed by atoms with Crippen molar-refractivity contribution < 1.29 is 14.0 Å². The first-order chi connectivity index (χ1) is 9.63. The Kier molecular flexibility index (Phi) is 2.94. The molecule has 6 nitrogen and oxygen atoms in total. The van der Waals surface area contributed by atoms with Crippen molar-refractivity contribution in [2.24, 2.45) is 0 Å². The highest BCUT2D eigenvalue weighted by Gasteiger charge is 2.18. The lowest BCUT2D eigenvalue weighted by atomic mass is 10.0. The summed E-state index contributed by atoms with van der Waals surface area (Å²) in [6.07, 6.45) is 5.05. The van der Waals surface area contributed by atoms with E-state index in [1.807, 2.05) is 0 Å². The average Bonchev–Trinajstić information content (AvgIpc) is 2.94. The minimum Gasteiger partial charge on any atom is -0.326 e. The third-order valence-corrected chi connectivity index (χ3v) is 3.07. The number of fused-ring (bicyclic) bond motifs is 1. The molecule has 1 aliphatic rings. The molecule has 2 amide bonds. The van der Waals surface area contributed by atoms with E-state index in [4.69, 9.17) is 0 Å². The molecule has 20 heavy (non-hydrogen) atoms. The van der Waals surface area contributed by atoms with Crippen LogP contribution in [0.4, 0.5) is 20.6 Å². The number of benzene rings is 1. The molecule has 3 rings (SSSR count). The number of rotatable bonds is 1. The fourth-order valence-corrected chi connectivity index (χ4v) is 2.05. The van der Waals surface area contributed by atoms with Crippen LogP contribution in [0, 0.1) is 5.82 Å². The number of nitrogens with one attached hydrogen (secondary N) is 2. The molecule has 1 aromatic heterocycles. The molecule has 0 atom stereocenters. The second-order valence-electron chi connectivity index (χ2n) is 4.44. The van der Waals surface area contributed by atoms with Gasteiger partial charge in [0.15, 0.2) is 0 Å². The summed E-state index contributed by atoms with van der Waals surface area (Å²) < 4.78 is 15.1. The van der Waals surface area contributed by atoms with Gasteiger partial charge in [0.1, 0.15) is 12.1 Å². The van der Waals surface area contributed by atoms with Crippen molar-refractivity contribution in [1.29, 1.82) is 0 Å². The molecule has 0 saturated heterocycles.